The summed E-state index contributed by atoms with van der Waals surface area (Å²) in [7, 11) is -7.23. The highest BCUT2D eigenvalue weighted by Crippen LogP contribution is 2.21. The number of rotatable bonds is 7. The number of hydrogen-bond donors (Lipinski definition) is 3. The second-order valence-electron chi connectivity index (χ2n) is 8.65. The Balaban J connectivity index is 0.000000194. The molecule has 40 heavy (non-hydrogen) atoms. The van der Waals surface area contributed by atoms with Gasteiger partial charge in [0, 0.05) is 48.2 Å². The van der Waals surface area contributed by atoms with E-state index in [-0.39, 0.29) is 21.4 Å². The molecule has 0 bridgehead atoms. The highest BCUT2D eigenvalue weighted by molar-refractivity contribution is 9.10. The van der Waals surface area contributed by atoms with E-state index in [1.807, 2.05) is 12.1 Å². The van der Waals surface area contributed by atoms with Crippen LogP contribution in [0.5, 0.6) is 0 Å². The Morgan fingerprint density at radius 3 is 1.75 bits per heavy atom. The van der Waals surface area contributed by atoms with Crippen molar-refractivity contribution in [3.63, 3.8) is 0 Å². The normalized spacial score (nSPS) is 15.4. The van der Waals surface area contributed by atoms with Gasteiger partial charge in [-0.15, -0.1) is 0 Å². The number of nitrogens with zero attached hydrogens (tertiary/aromatic N) is 5. The Kier molecular flexibility index (Phi) is 9.63. The fourth-order valence-electron chi connectivity index (χ4n) is 3.71. The smallest absolute Gasteiger partial charge is 0.263 e. The van der Waals surface area contributed by atoms with Gasteiger partial charge in [-0.25, -0.2) is 36.8 Å². The average molecular weight is 648 g/mol. The second-order valence-corrected chi connectivity index (χ2v) is 12.9. The van der Waals surface area contributed by atoms with Crippen molar-refractivity contribution >= 4 is 53.3 Å². The van der Waals surface area contributed by atoms with Crippen molar-refractivity contribution in [3.8, 4) is 0 Å². The standard InChI is InChI=1S/C15H19N5O2S.C10H8BrN3O2S/c1-12-10-20(9-8-17-12)13-2-4-14(5-3-13)23(21,22)19-15-6-7-16-11-18-15;11-8-1-3-9(4-2-8)17(15,16)14-10-5-6-12-7-13-10/h2-7,11-12,17H,8-10H2,1H3,(H,16,18,19);1-7H,(H,12,13,14)/t12-;/m0./s1. The van der Waals surface area contributed by atoms with Gasteiger partial charge in [-0.05, 0) is 67.6 Å². The number of anilines is 3. The summed E-state index contributed by atoms with van der Waals surface area (Å²) in [6, 6.07) is 16.7. The molecule has 0 spiro atoms. The molecule has 0 aliphatic carbocycles. The van der Waals surface area contributed by atoms with Gasteiger partial charge in [-0.2, -0.15) is 0 Å². The molecule has 4 aromatic rings. The molecule has 3 heterocycles. The fourth-order valence-corrected chi connectivity index (χ4v) is 5.99. The maximum absolute atomic E-state index is 12.3. The summed E-state index contributed by atoms with van der Waals surface area (Å²) in [5.74, 6) is 0.489. The molecule has 0 radical (unpaired) electrons. The van der Waals surface area contributed by atoms with E-state index in [1.54, 1.807) is 24.3 Å². The summed E-state index contributed by atoms with van der Waals surface area (Å²) in [5, 5.41) is 3.39. The summed E-state index contributed by atoms with van der Waals surface area (Å²) in [6.45, 7) is 4.88. The van der Waals surface area contributed by atoms with Crippen molar-refractivity contribution in [3.05, 3.63) is 90.2 Å². The molecule has 15 heteroatoms. The molecule has 210 valence electrons. The fraction of sp³-hybridized carbons (Fsp3) is 0.200. The van der Waals surface area contributed by atoms with E-state index >= 15 is 0 Å². The van der Waals surface area contributed by atoms with Crippen LogP contribution in [0.4, 0.5) is 17.3 Å². The predicted octanol–water partition coefficient (Wildman–Crippen LogP) is 3.12. The lowest BCUT2D eigenvalue weighted by molar-refractivity contribution is 0.485. The zero-order chi connectivity index (χ0) is 28.6. The molecule has 1 aliphatic rings. The zero-order valence-electron chi connectivity index (χ0n) is 21.3. The Morgan fingerprint density at radius 1 is 0.800 bits per heavy atom. The number of benzene rings is 2. The van der Waals surface area contributed by atoms with E-state index < -0.39 is 20.0 Å². The summed E-state index contributed by atoms with van der Waals surface area (Å²) in [6.07, 6.45) is 5.53. The number of piperazine rings is 1. The molecule has 1 aliphatic heterocycles. The summed E-state index contributed by atoms with van der Waals surface area (Å²) in [5.41, 5.74) is 1.03. The van der Waals surface area contributed by atoms with Gasteiger partial charge in [0.1, 0.15) is 24.3 Å². The maximum Gasteiger partial charge on any atom is 0.263 e. The second kappa shape index (κ2) is 13.1. The van der Waals surface area contributed by atoms with Gasteiger partial charge < -0.3 is 10.2 Å². The van der Waals surface area contributed by atoms with Crippen LogP contribution in [0.3, 0.4) is 0 Å². The zero-order valence-corrected chi connectivity index (χ0v) is 24.6. The Bertz CT molecular complexity index is 1590. The molecule has 0 unspecified atom stereocenters. The average Bonchev–Trinajstić information content (AvgIpc) is 2.94. The van der Waals surface area contributed by atoms with Crippen LogP contribution < -0.4 is 19.7 Å². The highest BCUT2D eigenvalue weighted by Gasteiger charge is 2.18. The molecular formula is C25H27BrN8O4S2. The van der Waals surface area contributed by atoms with Crippen molar-refractivity contribution in [1.82, 2.24) is 25.3 Å². The van der Waals surface area contributed by atoms with E-state index in [2.05, 4.69) is 62.5 Å². The van der Waals surface area contributed by atoms with Crippen LogP contribution in [0.25, 0.3) is 0 Å². The van der Waals surface area contributed by atoms with Crippen molar-refractivity contribution in [2.75, 3.05) is 34.0 Å². The number of hydrogen-bond acceptors (Lipinski definition) is 10. The number of aromatic nitrogens is 4. The minimum atomic E-state index is -3.64. The molecule has 3 N–H and O–H groups in total. The van der Waals surface area contributed by atoms with E-state index in [1.165, 1.54) is 49.3 Å². The first-order valence-electron chi connectivity index (χ1n) is 12.0. The third-order valence-electron chi connectivity index (χ3n) is 5.65. The molecule has 1 fully saturated rings. The summed E-state index contributed by atoms with van der Waals surface area (Å²) < 4.78 is 54.2. The molecular weight excluding hydrogens is 620 g/mol. The third kappa shape index (κ3) is 8.17. The first-order chi connectivity index (χ1) is 19.1. The van der Waals surface area contributed by atoms with Gasteiger partial charge >= 0.3 is 0 Å². The van der Waals surface area contributed by atoms with E-state index in [0.717, 1.165) is 29.8 Å². The Hall–Kier alpha value is -3.66. The van der Waals surface area contributed by atoms with Gasteiger partial charge in [0.05, 0.1) is 9.79 Å². The quantitative estimate of drug-likeness (QED) is 0.272. The molecule has 2 aromatic carbocycles. The van der Waals surface area contributed by atoms with Gasteiger partial charge in [0.25, 0.3) is 20.0 Å². The van der Waals surface area contributed by atoms with Crippen molar-refractivity contribution in [2.45, 2.75) is 22.8 Å². The van der Waals surface area contributed by atoms with E-state index in [0.29, 0.717) is 6.04 Å². The highest BCUT2D eigenvalue weighted by atomic mass is 79.9. The molecule has 12 nitrogen and oxygen atoms in total. The Labute approximate surface area is 241 Å². The van der Waals surface area contributed by atoms with E-state index in [9.17, 15) is 16.8 Å². The number of sulfonamides is 2. The van der Waals surface area contributed by atoms with Crippen LogP contribution in [-0.4, -0.2) is 62.4 Å². The van der Waals surface area contributed by atoms with Crippen LogP contribution in [0.2, 0.25) is 0 Å². The molecule has 0 amide bonds. The molecule has 0 saturated carbocycles. The maximum atomic E-state index is 12.3. The van der Waals surface area contributed by atoms with Crippen LogP contribution in [0.1, 0.15) is 6.92 Å². The molecule has 1 saturated heterocycles. The minimum Gasteiger partial charge on any atom is -0.369 e. The van der Waals surface area contributed by atoms with Crippen LogP contribution in [0.15, 0.2) is 100.0 Å². The van der Waals surface area contributed by atoms with Crippen LogP contribution in [0, 0.1) is 0 Å². The first kappa shape index (κ1) is 29.3. The van der Waals surface area contributed by atoms with Gasteiger partial charge in [-0.3, -0.25) is 9.44 Å². The molecule has 1 atom stereocenters. The Morgan fingerprint density at radius 2 is 1.30 bits per heavy atom. The van der Waals surface area contributed by atoms with Crippen LogP contribution in [-0.2, 0) is 20.0 Å². The first-order valence-corrected chi connectivity index (χ1v) is 15.8. The largest absolute Gasteiger partial charge is 0.369 e. The molecule has 5 rings (SSSR count). The monoisotopic (exact) mass is 646 g/mol. The third-order valence-corrected chi connectivity index (χ3v) is 8.92. The predicted molar refractivity (Wildman–Crippen MR) is 156 cm³/mol. The van der Waals surface area contributed by atoms with E-state index in [4.69, 9.17) is 0 Å². The number of halogens is 1. The SMILES string of the molecule is C[C@H]1CN(c2ccc(S(=O)(=O)Nc3ccncn3)cc2)CCN1.O=S(=O)(Nc1ccncn1)c1ccc(Br)cc1. The van der Waals surface area contributed by atoms with Gasteiger partial charge in [0.2, 0.25) is 0 Å². The summed E-state index contributed by atoms with van der Waals surface area (Å²) in [4.78, 5) is 17.8. The van der Waals surface area contributed by atoms with Crippen molar-refractivity contribution < 1.29 is 16.8 Å². The molecule has 2 aromatic heterocycles. The van der Waals surface area contributed by atoms with Crippen molar-refractivity contribution in [1.29, 1.82) is 0 Å². The van der Waals surface area contributed by atoms with Gasteiger partial charge in [0.15, 0.2) is 0 Å². The minimum absolute atomic E-state index is 0.180. The lowest BCUT2D eigenvalue weighted by Gasteiger charge is -2.33. The summed E-state index contributed by atoms with van der Waals surface area (Å²) >= 11 is 3.24. The van der Waals surface area contributed by atoms with Gasteiger partial charge in [-0.1, -0.05) is 15.9 Å². The van der Waals surface area contributed by atoms with Crippen LogP contribution >= 0.6 is 15.9 Å². The number of nitrogens with one attached hydrogen (secondary N) is 3. The topological polar surface area (TPSA) is 159 Å². The lowest BCUT2D eigenvalue weighted by Crippen LogP contribution is -2.49. The van der Waals surface area contributed by atoms with Crippen molar-refractivity contribution in [2.24, 2.45) is 0 Å². The lowest BCUT2D eigenvalue weighted by atomic mass is 10.2.